The molecule has 2 atom stereocenters. The van der Waals surface area contributed by atoms with Crippen LogP contribution in [0.4, 0.5) is 0 Å². The van der Waals surface area contributed by atoms with Crippen LogP contribution in [-0.2, 0) is 6.54 Å². The molecule has 2 unspecified atom stereocenters. The molecule has 0 amide bonds. The fourth-order valence-electron chi connectivity index (χ4n) is 2.71. The summed E-state index contributed by atoms with van der Waals surface area (Å²) in [6.45, 7) is 0.760. The van der Waals surface area contributed by atoms with E-state index in [9.17, 15) is 0 Å². The number of nitrogens with one attached hydrogen (secondary N) is 2. The predicted molar refractivity (Wildman–Crippen MR) is 77.1 cm³/mol. The fourth-order valence-corrected chi connectivity index (χ4v) is 2.71. The Morgan fingerprint density at radius 3 is 2.22 bits per heavy atom. The first-order valence-electron chi connectivity index (χ1n) is 6.53. The molecule has 18 heavy (non-hydrogen) atoms. The van der Waals surface area contributed by atoms with Crippen molar-refractivity contribution >= 4 is 18.4 Å². The van der Waals surface area contributed by atoms with Crippen LogP contribution in [0.3, 0.4) is 0 Å². The zero-order valence-corrected chi connectivity index (χ0v) is 11.2. The van der Waals surface area contributed by atoms with Crippen LogP contribution in [-0.4, -0.2) is 18.0 Å². The summed E-state index contributed by atoms with van der Waals surface area (Å²) in [5.74, 6) is 0.991. The third-order valence-corrected chi connectivity index (χ3v) is 3.67. The van der Waals surface area contributed by atoms with E-state index in [-0.39, 0.29) is 12.4 Å². The minimum atomic E-state index is 0. The highest BCUT2D eigenvalue weighted by atomic mass is 35.5. The van der Waals surface area contributed by atoms with Crippen LogP contribution in [0.1, 0.15) is 31.2 Å². The lowest BCUT2D eigenvalue weighted by Gasteiger charge is -2.23. The van der Waals surface area contributed by atoms with Crippen molar-refractivity contribution in [2.75, 3.05) is 0 Å². The van der Waals surface area contributed by atoms with Crippen LogP contribution in [0.2, 0.25) is 0 Å². The number of hydrogen-bond acceptors (Lipinski definition) is 1. The molecule has 3 nitrogen and oxygen atoms in total. The monoisotopic (exact) mass is 265 g/mol. The molecule has 1 aliphatic carbocycles. The summed E-state index contributed by atoms with van der Waals surface area (Å²) in [5, 5.41) is 7.00. The van der Waals surface area contributed by atoms with Gasteiger partial charge >= 0.3 is 0 Å². The molecule has 2 N–H and O–H groups in total. The molecular formula is C14H20ClN3. The van der Waals surface area contributed by atoms with Gasteiger partial charge in [-0.05, 0) is 18.4 Å². The van der Waals surface area contributed by atoms with Gasteiger partial charge in [-0.15, -0.1) is 12.4 Å². The van der Waals surface area contributed by atoms with Crippen molar-refractivity contribution < 1.29 is 0 Å². The molecule has 4 heteroatoms. The summed E-state index contributed by atoms with van der Waals surface area (Å²) in [6.07, 6.45) is 5.26. The molecular weight excluding hydrogens is 246 g/mol. The van der Waals surface area contributed by atoms with E-state index in [1.807, 2.05) is 6.07 Å². The van der Waals surface area contributed by atoms with Crippen LogP contribution in [0.5, 0.6) is 0 Å². The highest BCUT2D eigenvalue weighted by Gasteiger charge is 2.31. The zero-order chi connectivity index (χ0) is 11.5. The largest absolute Gasteiger partial charge is 0.352 e. The van der Waals surface area contributed by atoms with Crippen molar-refractivity contribution in [1.29, 1.82) is 0 Å². The van der Waals surface area contributed by atoms with E-state index in [0.29, 0.717) is 12.1 Å². The maximum atomic E-state index is 4.61. The molecule has 1 heterocycles. The lowest BCUT2D eigenvalue weighted by Crippen LogP contribution is -2.36. The third-order valence-electron chi connectivity index (χ3n) is 3.67. The van der Waals surface area contributed by atoms with Gasteiger partial charge in [0.05, 0.1) is 6.54 Å². The Labute approximate surface area is 114 Å². The Kier molecular flexibility index (Phi) is 4.48. The second kappa shape index (κ2) is 6.10. The molecule has 1 aromatic rings. The lowest BCUT2D eigenvalue weighted by molar-refractivity contribution is 0.374. The van der Waals surface area contributed by atoms with E-state index in [2.05, 4.69) is 39.9 Å². The Hall–Kier alpha value is -1.22. The second-order valence-electron chi connectivity index (χ2n) is 4.94. The summed E-state index contributed by atoms with van der Waals surface area (Å²) < 4.78 is 0. The van der Waals surface area contributed by atoms with Crippen LogP contribution in [0.15, 0.2) is 35.3 Å². The number of halogens is 1. The van der Waals surface area contributed by atoms with E-state index in [4.69, 9.17) is 0 Å². The van der Waals surface area contributed by atoms with Gasteiger partial charge in [0.25, 0.3) is 0 Å². The van der Waals surface area contributed by atoms with E-state index < -0.39 is 0 Å². The van der Waals surface area contributed by atoms with Crippen LogP contribution in [0.25, 0.3) is 0 Å². The van der Waals surface area contributed by atoms with Gasteiger partial charge in [-0.1, -0.05) is 43.2 Å². The van der Waals surface area contributed by atoms with Crippen molar-refractivity contribution in [2.24, 2.45) is 4.99 Å². The van der Waals surface area contributed by atoms with Gasteiger partial charge in [0.15, 0.2) is 5.96 Å². The number of aliphatic imine (C=N–C) groups is 1. The Morgan fingerprint density at radius 1 is 1.00 bits per heavy atom. The van der Waals surface area contributed by atoms with E-state index in [1.54, 1.807) is 0 Å². The van der Waals surface area contributed by atoms with E-state index in [0.717, 1.165) is 12.5 Å². The molecule has 2 fully saturated rings. The summed E-state index contributed by atoms with van der Waals surface area (Å²) in [6, 6.07) is 11.6. The summed E-state index contributed by atoms with van der Waals surface area (Å²) in [7, 11) is 0. The number of rotatable bonds is 2. The van der Waals surface area contributed by atoms with Gasteiger partial charge in [-0.3, -0.25) is 0 Å². The lowest BCUT2D eigenvalue weighted by atomic mass is 9.92. The highest BCUT2D eigenvalue weighted by Crippen LogP contribution is 2.21. The van der Waals surface area contributed by atoms with Gasteiger partial charge in [0.1, 0.15) is 0 Å². The van der Waals surface area contributed by atoms with Gasteiger partial charge < -0.3 is 10.6 Å². The maximum absolute atomic E-state index is 4.61. The number of guanidine groups is 1. The topological polar surface area (TPSA) is 36.4 Å². The first-order valence-corrected chi connectivity index (χ1v) is 6.53. The van der Waals surface area contributed by atoms with Crippen molar-refractivity contribution in [1.82, 2.24) is 10.6 Å². The van der Waals surface area contributed by atoms with Gasteiger partial charge in [-0.25, -0.2) is 4.99 Å². The maximum Gasteiger partial charge on any atom is 0.192 e. The molecule has 3 rings (SSSR count). The minimum absolute atomic E-state index is 0. The summed E-state index contributed by atoms with van der Waals surface area (Å²) in [5.41, 5.74) is 1.26. The predicted octanol–water partition coefficient (Wildman–Crippen LogP) is 2.47. The molecule has 1 aromatic carbocycles. The van der Waals surface area contributed by atoms with E-state index in [1.165, 1.54) is 31.2 Å². The fraction of sp³-hybridized carbons (Fsp3) is 0.500. The average molecular weight is 266 g/mol. The molecule has 98 valence electrons. The number of nitrogens with zero attached hydrogens (tertiary/aromatic N) is 1. The second-order valence-corrected chi connectivity index (χ2v) is 4.94. The van der Waals surface area contributed by atoms with Gasteiger partial charge in [-0.2, -0.15) is 0 Å². The van der Waals surface area contributed by atoms with Gasteiger partial charge in [0, 0.05) is 12.1 Å². The summed E-state index contributed by atoms with van der Waals surface area (Å²) >= 11 is 0. The number of hydrogen-bond donors (Lipinski definition) is 2. The molecule has 1 saturated heterocycles. The van der Waals surface area contributed by atoms with E-state index >= 15 is 0 Å². The van der Waals surface area contributed by atoms with Crippen molar-refractivity contribution in [2.45, 2.75) is 44.3 Å². The number of fused-ring (bicyclic) bond motifs is 1. The third kappa shape index (κ3) is 2.96. The standard InChI is InChI=1S/C14H19N3.ClH/c1-2-6-11(7-3-1)10-15-14-16-12-8-4-5-9-13(12)17-14;/h1-3,6-7,12-13H,4-5,8-10H2,(H2,15,16,17);1H. The summed E-state index contributed by atoms with van der Waals surface area (Å²) in [4.78, 5) is 4.61. The first-order chi connectivity index (χ1) is 8.42. The SMILES string of the molecule is Cl.c1ccc(CN=C2NC3CCCCC3N2)cc1. The molecule has 1 aliphatic heterocycles. The van der Waals surface area contributed by atoms with Crippen LogP contribution >= 0.6 is 12.4 Å². The number of benzene rings is 1. The van der Waals surface area contributed by atoms with Crippen molar-refractivity contribution in [3.63, 3.8) is 0 Å². The molecule has 0 radical (unpaired) electrons. The zero-order valence-electron chi connectivity index (χ0n) is 10.4. The van der Waals surface area contributed by atoms with Crippen LogP contribution < -0.4 is 10.6 Å². The normalized spacial score (nSPS) is 25.4. The molecule has 0 bridgehead atoms. The molecule has 0 aromatic heterocycles. The average Bonchev–Trinajstić information content (AvgIpc) is 2.80. The van der Waals surface area contributed by atoms with Crippen molar-refractivity contribution in [3.8, 4) is 0 Å². The quantitative estimate of drug-likeness (QED) is 0.862. The molecule has 1 saturated carbocycles. The molecule has 2 aliphatic rings. The first kappa shape index (κ1) is 13.2. The molecule has 0 spiro atoms. The van der Waals surface area contributed by atoms with Gasteiger partial charge in [0.2, 0.25) is 0 Å². The Balaban J connectivity index is 0.00000120. The smallest absolute Gasteiger partial charge is 0.192 e. The minimum Gasteiger partial charge on any atom is -0.352 e. The van der Waals surface area contributed by atoms with Crippen molar-refractivity contribution in [3.05, 3.63) is 35.9 Å². The van der Waals surface area contributed by atoms with Crippen LogP contribution in [0, 0.1) is 0 Å². The Bertz CT molecular complexity index is 389. The Morgan fingerprint density at radius 2 is 1.61 bits per heavy atom. The highest BCUT2D eigenvalue weighted by molar-refractivity contribution is 5.85.